The lowest BCUT2D eigenvalue weighted by atomic mass is 9.93. The van der Waals surface area contributed by atoms with E-state index in [9.17, 15) is 8.42 Å². The monoisotopic (exact) mass is 318 g/mol. The van der Waals surface area contributed by atoms with E-state index < -0.39 is 10.1 Å². The summed E-state index contributed by atoms with van der Waals surface area (Å²) in [7, 11) is -4.10. The average Bonchev–Trinajstić information content (AvgIpc) is 2.52. The molecular weight excluding hydrogens is 296 g/mol. The van der Waals surface area contributed by atoms with Crippen molar-refractivity contribution in [3.8, 4) is 0 Å². The van der Waals surface area contributed by atoms with Crippen molar-refractivity contribution in [2.45, 2.75) is 43.9 Å². The molecule has 0 saturated heterocycles. The van der Waals surface area contributed by atoms with Gasteiger partial charge in [-0.25, -0.2) is 0 Å². The lowest BCUT2D eigenvalue weighted by Gasteiger charge is -2.12. The van der Waals surface area contributed by atoms with E-state index >= 15 is 0 Å². The molecule has 0 aliphatic rings. The molecule has 0 spiro atoms. The van der Waals surface area contributed by atoms with Gasteiger partial charge in [0.25, 0.3) is 10.1 Å². The highest BCUT2D eigenvalue weighted by atomic mass is 32.2. The fourth-order valence-electron chi connectivity index (χ4n) is 2.46. The molecule has 0 radical (unpaired) electrons. The third-order valence-corrected chi connectivity index (χ3v) is 4.91. The maximum absolute atomic E-state index is 11.0. The summed E-state index contributed by atoms with van der Waals surface area (Å²) in [5.41, 5.74) is 3.74. The Morgan fingerprint density at radius 2 is 1.50 bits per heavy atom. The van der Waals surface area contributed by atoms with Crippen LogP contribution in [0.25, 0.3) is 0 Å². The third kappa shape index (κ3) is 4.42. The number of aryl methyl sites for hydroxylation is 2. The molecule has 0 bridgehead atoms. The van der Waals surface area contributed by atoms with E-state index in [0.29, 0.717) is 5.92 Å². The molecule has 2 aromatic rings. The minimum absolute atomic E-state index is 0.0561. The highest BCUT2D eigenvalue weighted by Crippen LogP contribution is 2.22. The smallest absolute Gasteiger partial charge is 0.282 e. The van der Waals surface area contributed by atoms with E-state index in [2.05, 4.69) is 38.1 Å². The van der Waals surface area contributed by atoms with Gasteiger partial charge in [0.05, 0.1) is 4.90 Å². The summed E-state index contributed by atoms with van der Waals surface area (Å²) in [6.07, 6.45) is 2.92. The summed E-state index contributed by atoms with van der Waals surface area (Å²) < 4.78 is 31.0. The van der Waals surface area contributed by atoms with Crippen molar-refractivity contribution in [2.24, 2.45) is 0 Å². The van der Waals surface area contributed by atoms with Crippen LogP contribution in [0.4, 0.5) is 0 Å². The third-order valence-electron chi connectivity index (χ3n) is 4.04. The van der Waals surface area contributed by atoms with Crippen LogP contribution in [-0.4, -0.2) is 13.0 Å². The van der Waals surface area contributed by atoms with Crippen molar-refractivity contribution in [2.75, 3.05) is 0 Å². The molecule has 0 saturated carbocycles. The van der Waals surface area contributed by atoms with Crippen LogP contribution in [0.15, 0.2) is 53.4 Å². The Hall–Kier alpha value is -1.65. The van der Waals surface area contributed by atoms with Crippen LogP contribution >= 0.6 is 0 Å². The van der Waals surface area contributed by atoms with Gasteiger partial charge in [0, 0.05) is 0 Å². The van der Waals surface area contributed by atoms with Crippen molar-refractivity contribution < 1.29 is 13.0 Å². The summed E-state index contributed by atoms with van der Waals surface area (Å²) in [5, 5.41) is 0. The van der Waals surface area contributed by atoms with Gasteiger partial charge in [-0.1, -0.05) is 50.2 Å². The molecule has 0 aliphatic heterocycles. The molecule has 0 amide bonds. The van der Waals surface area contributed by atoms with Crippen molar-refractivity contribution in [1.82, 2.24) is 0 Å². The Morgan fingerprint density at radius 3 is 2.00 bits per heavy atom. The Morgan fingerprint density at radius 1 is 0.955 bits per heavy atom. The highest BCUT2D eigenvalue weighted by molar-refractivity contribution is 7.85. The standard InChI is InChI=1S/C18H22O3S/c1-3-15-6-10-17(11-7-15)14(2)4-5-16-8-12-18(13-9-16)22(19,20)21/h6-14H,3-5H2,1-2H3,(H,19,20,21). The second-order valence-electron chi connectivity index (χ2n) is 5.65. The molecule has 0 aromatic heterocycles. The second kappa shape index (κ2) is 7.07. The van der Waals surface area contributed by atoms with Gasteiger partial charge in [-0.3, -0.25) is 4.55 Å². The van der Waals surface area contributed by atoms with Crippen molar-refractivity contribution in [3.05, 3.63) is 65.2 Å². The van der Waals surface area contributed by atoms with Crippen molar-refractivity contribution in [1.29, 1.82) is 0 Å². The fraction of sp³-hybridized carbons (Fsp3) is 0.333. The van der Waals surface area contributed by atoms with Gasteiger partial charge in [0.1, 0.15) is 0 Å². The lowest BCUT2D eigenvalue weighted by Crippen LogP contribution is -1.99. The maximum atomic E-state index is 11.0. The first-order chi connectivity index (χ1) is 10.4. The van der Waals surface area contributed by atoms with Crippen molar-refractivity contribution in [3.63, 3.8) is 0 Å². The average molecular weight is 318 g/mol. The molecule has 4 heteroatoms. The van der Waals surface area contributed by atoms with Crippen LogP contribution in [0.1, 0.15) is 42.9 Å². The number of hydrogen-bond donors (Lipinski definition) is 1. The number of rotatable bonds is 6. The molecule has 22 heavy (non-hydrogen) atoms. The molecule has 3 nitrogen and oxygen atoms in total. The largest absolute Gasteiger partial charge is 0.294 e. The van der Waals surface area contributed by atoms with Crippen LogP contribution in [-0.2, 0) is 23.0 Å². The molecule has 1 atom stereocenters. The molecule has 2 aromatic carbocycles. The molecule has 118 valence electrons. The first kappa shape index (κ1) is 16.7. The first-order valence-electron chi connectivity index (χ1n) is 7.55. The molecule has 1 unspecified atom stereocenters. The van der Waals surface area contributed by atoms with E-state index in [4.69, 9.17) is 4.55 Å². The Balaban J connectivity index is 1.97. The lowest BCUT2D eigenvalue weighted by molar-refractivity contribution is 0.483. The van der Waals surface area contributed by atoms with E-state index in [1.54, 1.807) is 12.1 Å². The van der Waals surface area contributed by atoms with E-state index in [1.165, 1.54) is 23.3 Å². The van der Waals surface area contributed by atoms with Crippen LogP contribution < -0.4 is 0 Å². The van der Waals surface area contributed by atoms with Gasteiger partial charge >= 0.3 is 0 Å². The van der Waals surface area contributed by atoms with Gasteiger partial charge in [0.2, 0.25) is 0 Å². The summed E-state index contributed by atoms with van der Waals surface area (Å²) in [6.45, 7) is 4.35. The highest BCUT2D eigenvalue weighted by Gasteiger charge is 2.09. The molecule has 0 heterocycles. The van der Waals surface area contributed by atoms with Crippen molar-refractivity contribution >= 4 is 10.1 Å². The van der Waals surface area contributed by atoms with Crippen LogP contribution in [0.5, 0.6) is 0 Å². The van der Waals surface area contributed by atoms with E-state index in [1.807, 2.05) is 0 Å². The summed E-state index contributed by atoms with van der Waals surface area (Å²) >= 11 is 0. The van der Waals surface area contributed by atoms with Gasteiger partial charge in [-0.05, 0) is 54.0 Å². The zero-order chi connectivity index (χ0) is 16.2. The Kier molecular flexibility index (Phi) is 5.37. The minimum Gasteiger partial charge on any atom is -0.282 e. The zero-order valence-corrected chi connectivity index (χ0v) is 13.8. The zero-order valence-electron chi connectivity index (χ0n) is 13.0. The summed E-state index contributed by atoms with van der Waals surface area (Å²) in [4.78, 5) is -0.0561. The minimum atomic E-state index is -4.10. The van der Waals surface area contributed by atoms with Crippen LogP contribution in [0.2, 0.25) is 0 Å². The Bertz CT molecular complexity index is 701. The quantitative estimate of drug-likeness (QED) is 0.811. The van der Waals surface area contributed by atoms with Gasteiger partial charge in [-0.15, -0.1) is 0 Å². The fourth-order valence-corrected chi connectivity index (χ4v) is 2.94. The topological polar surface area (TPSA) is 54.4 Å². The Labute approximate surface area is 132 Å². The molecule has 2 rings (SSSR count). The van der Waals surface area contributed by atoms with Crippen LogP contribution in [0.3, 0.4) is 0 Å². The number of benzene rings is 2. The molecular formula is C18H22O3S. The predicted molar refractivity (Wildman–Crippen MR) is 88.8 cm³/mol. The summed E-state index contributed by atoms with van der Waals surface area (Å²) in [5.74, 6) is 0.451. The van der Waals surface area contributed by atoms with Gasteiger partial charge in [0.15, 0.2) is 0 Å². The molecule has 0 aliphatic carbocycles. The SMILES string of the molecule is CCc1ccc(C(C)CCc2ccc(S(=O)(=O)O)cc2)cc1. The summed E-state index contributed by atoms with van der Waals surface area (Å²) in [6, 6.07) is 15.1. The normalized spacial score (nSPS) is 13.0. The molecule has 1 N–H and O–H groups in total. The number of hydrogen-bond acceptors (Lipinski definition) is 2. The van der Waals surface area contributed by atoms with E-state index in [0.717, 1.165) is 24.8 Å². The first-order valence-corrected chi connectivity index (χ1v) is 8.99. The van der Waals surface area contributed by atoms with E-state index in [-0.39, 0.29) is 4.90 Å². The van der Waals surface area contributed by atoms with Crippen LogP contribution in [0, 0.1) is 0 Å². The molecule has 0 fully saturated rings. The predicted octanol–water partition coefficient (Wildman–Crippen LogP) is 4.23. The maximum Gasteiger partial charge on any atom is 0.294 e. The second-order valence-corrected chi connectivity index (χ2v) is 7.08. The van der Waals surface area contributed by atoms with Gasteiger partial charge in [-0.2, -0.15) is 8.42 Å². The van der Waals surface area contributed by atoms with Gasteiger partial charge < -0.3 is 0 Å².